The van der Waals surface area contributed by atoms with E-state index in [1.807, 2.05) is 0 Å². The molecule has 0 unspecified atom stereocenters. The van der Waals surface area contributed by atoms with Gasteiger partial charge < -0.3 is 9.47 Å². The number of ether oxygens (including phenoxy) is 2. The zero-order valence-corrected chi connectivity index (χ0v) is 15.7. The molecule has 0 radical (unpaired) electrons. The Hall–Kier alpha value is -3.07. The number of hydrogen-bond donors (Lipinski definition) is 2. The molecule has 0 spiro atoms. The average molecular weight is 392 g/mol. The van der Waals surface area contributed by atoms with Crippen LogP contribution in [0.1, 0.15) is 24.2 Å². The number of carbonyl (C=O) groups is 2. The van der Waals surface area contributed by atoms with Crippen LogP contribution < -0.4 is 10.0 Å². The summed E-state index contributed by atoms with van der Waals surface area (Å²) in [6.07, 6.45) is -0.618. The van der Waals surface area contributed by atoms with Gasteiger partial charge in [0.15, 0.2) is 0 Å². The Kier molecular flexibility index (Phi) is 6.78. The minimum absolute atomic E-state index is 0.0198. The topological polar surface area (TPSA) is 111 Å². The number of amides is 1. The van der Waals surface area contributed by atoms with Crippen LogP contribution in [0, 0.1) is 0 Å². The van der Waals surface area contributed by atoms with Crippen LogP contribution >= 0.6 is 0 Å². The molecule has 2 rings (SSSR count). The Balaban J connectivity index is 2.07. The van der Waals surface area contributed by atoms with Gasteiger partial charge in [-0.25, -0.2) is 18.0 Å². The van der Waals surface area contributed by atoms with Gasteiger partial charge in [-0.2, -0.15) is 0 Å². The lowest BCUT2D eigenvalue weighted by Gasteiger charge is -2.10. The van der Waals surface area contributed by atoms with E-state index in [1.54, 1.807) is 13.8 Å². The summed E-state index contributed by atoms with van der Waals surface area (Å²) in [5, 5.41) is 2.48. The first-order valence-corrected chi connectivity index (χ1v) is 9.68. The molecule has 9 heteroatoms. The third-order valence-electron chi connectivity index (χ3n) is 3.33. The van der Waals surface area contributed by atoms with E-state index in [-0.39, 0.29) is 18.1 Å². The maximum Gasteiger partial charge on any atom is 0.411 e. The number of esters is 1. The summed E-state index contributed by atoms with van der Waals surface area (Å²) >= 11 is 0. The quantitative estimate of drug-likeness (QED) is 0.700. The molecule has 27 heavy (non-hydrogen) atoms. The van der Waals surface area contributed by atoms with E-state index in [0.717, 1.165) is 0 Å². The standard InChI is InChI=1S/C18H20N2O6S/c1-3-25-17(21)13-5-7-15(8-6-13)20-27(23,24)16-11-9-14(10-12-16)19-18(22)26-4-2/h5-12,20H,3-4H2,1-2H3,(H,19,22). The average Bonchev–Trinajstić information content (AvgIpc) is 2.63. The summed E-state index contributed by atoms with van der Waals surface area (Å²) in [5.74, 6) is -0.475. The fraction of sp³-hybridized carbons (Fsp3) is 0.222. The smallest absolute Gasteiger partial charge is 0.411 e. The number of sulfonamides is 1. The number of rotatable bonds is 7. The third-order valence-corrected chi connectivity index (χ3v) is 4.73. The van der Waals surface area contributed by atoms with Crippen LogP contribution in [-0.2, 0) is 19.5 Å². The molecule has 0 saturated heterocycles. The van der Waals surface area contributed by atoms with Crippen molar-refractivity contribution in [3.63, 3.8) is 0 Å². The van der Waals surface area contributed by atoms with Gasteiger partial charge in [0.2, 0.25) is 0 Å². The van der Waals surface area contributed by atoms with Crippen molar-refractivity contribution < 1.29 is 27.5 Å². The lowest BCUT2D eigenvalue weighted by molar-refractivity contribution is 0.0526. The first-order valence-electron chi connectivity index (χ1n) is 8.19. The van der Waals surface area contributed by atoms with Gasteiger partial charge in [0.1, 0.15) is 0 Å². The summed E-state index contributed by atoms with van der Waals surface area (Å²) in [4.78, 5) is 23.0. The zero-order valence-electron chi connectivity index (χ0n) is 14.9. The molecule has 2 N–H and O–H groups in total. The van der Waals surface area contributed by atoms with E-state index in [2.05, 4.69) is 10.0 Å². The molecule has 0 bridgehead atoms. The number of anilines is 2. The molecule has 0 atom stereocenters. The number of benzene rings is 2. The Morgan fingerprint density at radius 2 is 1.41 bits per heavy atom. The maximum atomic E-state index is 12.4. The Labute approximate surface area is 157 Å². The van der Waals surface area contributed by atoms with Crippen LogP contribution in [0.5, 0.6) is 0 Å². The van der Waals surface area contributed by atoms with Crippen LogP contribution in [0.15, 0.2) is 53.4 Å². The molecule has 1 amide bonds. The van der Waals surface area contributed by atoms with E-state index in [9.17, 15) is 18.0 Å². The molecule has 0 aromatic heterocycles. The SMILES string of the molecule is CCOC(=O)Nc1ccc(S(=O)(=O)Nc2ccc(C(=O)OCC)cc2)cc1. The summed E-state index contributed by atoms with van der Waals surface area (Å²) < 4.78 is 36.9. The normalized spacial score (nSPS) is 10.7. The van der Waals surface area contributed by atoms with Gasteiger partial charge in [0, 0.05) is 11.4 Å². The van der Waals surface area contributed by atoms with E-state index in [1.165, 1.54) is 48.5 Å². The minimum atomic E-state index is -3.82. The zero-order chi connectivity index (χ0) is 19.9. The number of nitrogens with one attached hydrogen (secondary N) is 2. The van der Waals surface area contributed by atoms with Gasteiger partial charge in [0.05, 0.1) is 23.7 Å². The molecule has 8 nitrogen and oxygen atoms in total. The highest BCUT2D eigenvalue weighted by atomic mass is 32.2. The van der Waals surface area contributed by atoms with E-state index in [4.69, 9.17) is 9.47 Å². The van der Waals surface area contributed by atoms with Gasteiger partial charge >= 0.3 is 12.1 Å². The van der Waals surface area contributed by atoms with Crippen molar-refractivity contribution in [1.82, 2.24) is 0 Å². The minimum Gasteiger partial charge on any atom is -0.462 e. The first kappa shape index (κ1) is 20.2. The summed E-state index contributed by atoms with van der Waals surface area (Å²) in [6.45, 7) is 3.87. The predicted octanol–water partition coefficient (Wildman–Crippen LogP) is 3.23. The Morgan fingerprint density at radius 1 is 0.852 bits per heavy atom. The highest BCUT2D eigenvalue weighted by Gasteiger charge is 2.15. The predicted molar refractivity (Wildman–Crippen MR) is 100 cm³/mol. The Morgan fingerprint density at radius 3 is 1.96 bits per heavy atom. The van der Waals surface area contributed by atoms with E-state index < -0.39 is 22.1 Å². The van der Waals surface area contributed by atoms with Gasteiger partial charge in [0.25, 0.3) is 10.0 Å². The molecule has 0 aliphatic heterocycles. The van der Waals surface area contributed by atoms with E-state index in [0.29, 0.717) is 16.9 Å². The molecular weight excluding hydrogens is 372 g/mol. The van der Waals surface area contributed by atoms with E-state index >= 15 is 0 Å². The number of carbonyl (C=O) groups excluding carboxylic acids is 2. The molecule has 0 aliphatic rings. The van der Waals surface area contributed by atoms with Crippen molar-refractivity contribution in [2.45, 2.75) is 18.7 Å². The van der Waals surface area contributed by atoms with Crippen molar-refractivity contribution in [3.05, 3.63) is 54.1 Å². The summed E-state index contributed by atoms with van der Waals surface area (Å²) in [5.41, 5.74) is 1.04. The molecular formula is C18H20N2O6S. The van der Waals surface area contributed by atoms with Crippen molar-refractivity contribution in [3.8, 4) is 0 Å². The lowest BCUT2D eigenvalue weighted by atomic mass is 10.2. The van der Waals surface area contributed by atoms with Crippen LogP contribution in [0.4, 0.5) is 16.2 Å². The highest BCUT2D eigenvalue weighted by molar-refractivity contribution is 7.92. The molecule has 0 fully saturated rings. The second-order valence-corrected chi connectivity index (χ2v) is 6.96. The molecule has 0 saturated carbocycles. The molecule has 0 heterocycles. The van der Waals surface area contributed by atoms with Gasteiger partial charge in [-0.1, -0.05) is 0 Å². The molecule has 144 valence electrons. The summed E-state index contributed by atoms with van der Waals surface area (Å²) in [7, 11) is -3.82. The van der Waals surface area contributed by atoms with Gasteiger partial charge in [-0.05, 0) is 62.4 Å². The van der Waals surface area contributed by atoms with Crippen LogP contribution in [0.25, 0.3) is 0 Å². The second kappa shape index (κ2) is 9.04. The third kappa shape index (κ3) is 5.71. The number of hydrogen-bond acceptors (Lipinski definition) is 6. The molecule has 0 aliphatic carbocycles. The van der Waals surface area contributed by atoms with Crippen molar-refractivity contribution in [2.75, 3.05) is 23.3 Å². The van der Waals surface area contributed by atoms with Crippen molar-refractivity contribution >= 4 is 33.5 Å². The highest BCUT2D eigenvalue weighted by Crippen LogP contribution is 2.19. The van der Waals surface area contributed by atoms with Crippen molar-refractivity contribution in [1.29, 1.82) is 0 Å². The molecule has 2 aromatic carbocycles. The van der Waals surface area contributed by atoms with Crippen LogP contribution in [-0.4, -0.2) is 33.7 Å². The monoisotopic (exact) mass is 392 g/mol. The van der Waals surface area contributed by atoms with Gasteiger partial charge in [-0.3, -0.25) is 10.0 Å². The fourth-order valence-corrected chi connectivity index (χ4v) is 3.16. The molecule has 2 aromatic rings. The van der Waals surface area contributed by atoms with Crippen LogP contribution in [0.2, 0.25) is 0 Å². The largest absolute Gasteiger partial charge is 0.462 e. The Bertz CT molecular complexity index is 892. The fourth-order valence-electron chi connectivity index (χ4n) is 2.11. The first-order chi connectivity index (χ1) is 12.9. The maximum absolute atomic E-state index is 12.4. The van der Waals surface area contributed by atoms with Gasteiger partial charge in [-0.15, -0.1) is 0 Å². The second-order valence-electron chi connectivity index (χ2n) is 5.27. The summed E-state index contributed by atoms with van der Waals surface area (Å²) in [6, 6.07) is 11.5. The van der Waals surface area contributed by atoms with Crippen LogP contribution in [0.3, 0.4) is 0 Å². The van der Waals surface area contributed by atoms with Crippen molar-refractivity contribution in [2.24, 2.45) is 0 Å². The lowest BCUT2D eigenvalue weighted by Crippen LogP contribution is -2.15.